The summed E-state index contributed by atoms with van der Waals surface area (Å²) in [4.78, 5) is 26.0. The van der Waals surface area contributed by atoms with Gasteiger partial charge in [0.2, 0.25) is 11.8 Å². The first-order chi connectivity index (χ1) is 10.1. The van der Waals surface area contributed by atoms with Crippen LogP contribution in [0.4, 0.5) is 5.69 Å². The zero-order chi connectivity index (χ0) is 14.8. The van der Waals surface area contributed by atoms with Gasteiger partial charge < -0.3 is 10.6 Å². The van der Waals surface area contributed by atoms with E-state index in [1.54, 1.807) is 0 Å². The van der Waals surface area contributed by atoms with E-state index < -0.39 is 0 Å². The summed E-state index contributed by atoms with van der Waals surface area (Å²) in [6.07, 6.45) is 2.58. The van der Waals surface area contributed by atoms with Crippen molar-refractivity contribution in [3.05, 3.63) is 29.8 Å². The van der Waals surface area contributed by atoms with Crippen LogP contribution in [-0.4, -0.2) is 41.9 Å². The highest BCUT2D eigenvalue weighted by Crippen LogP contribution is 2.27. The number of carbonyl (C=O) groups excluding carboxylic acids is 2. The van der Waals surface area contributed by atoms with E-state index in [2.05, 4.69) is 15.5 Å². The van der Waals surface area contributed by atoms with Crippen molar-refractivity contribution in [3.8, 4) is 0 Å². The molecular weight excluding hydrogens is 266 g/mol. The molecule has 1 aromatic rings. The lowest BCUT2D eigenvalue weighted by molar-refractivity contribution is -0.122. The van der Waals surface area contributed by atoms with Crippen molar-refractivity contribution in [1.82, 2.24) is 10.2 Å². The van der Waals surface area contributed by atoms with Crippen LogP contribution < -0.4 is 10.6 Å². The van der Waals surface area contributed by atoms with Crippen LogP contribution in [0.1, 0.15) is 24.8 Å². The lowest BCUT2D eigenvalue weighted by Gasteiger charge is -2.26. The first-order valence-electron chi connectivity index (χ1n) is 7.51. The maximum atomic E-state index is 12.2. The molecule has 0 spiro atoms. The monoisotopic (exact) mass is 287 g/mol. The van der Waals surface area contributed by atoms with Gasteiger partial charge in [-0.3, -0.25) is 14.5 Å². The van der Waals surface area contributed by atoms with Crippen LogP contribution in [-0.2, 0) is 9.59 Å². The van der Waals surface area contributed by atoms with Crippen molar-refractivity contribution in [2.45, 2.75) is 38.3 Å². The van der Waals surface area contributed by atoms with Gasteiger partial charge in [-0.2, -0.15) is 0 Å². The fourth-order valence-corrected chi connectivity index (χ4v) is 3.23. The van der Waals surface area contributed by atoms with Crippen LogP contribution in [0.15, 0.2) is 24.3 Å². The number of fused-ring (bicyclic) bond motifs is 2. The topological polar surface area (TPSA) is 61.4 Å². The minimum atomic E-state index is -0.00916. The second-order valence-corrected chi connectivity index (χ2v) is 5.98. The molecule has 3 rings (SSSR count). The predicted molar refractivity (Wildman–Crippen MR) is 81.0 cm³/mol. The quantitative estimate of drug-likeness (QED) is 0.880. The minimum absolute atomic E-state index is 0.00916. The maximum Gasteiger partial charge on any atom is 0.238 e. The Morgan fingerprint density at radius 1 is 1.29 bits per heavy atom. The second-order valence-electron chi connectivity index (χ2n) is 5.98. The highest BCUT2D eigenvalue weighted by Gasteiger charge is 2.38. The largest absolute Gasteiger partial charge is 0.354 e. The Labute approximate surface area is 124 Å². The van der Waals surface area contributed by atoms with Gasteiger partial charge in [-0.1, -0.05) is 17.7 Å². The number of carbonyl (C=O) groups is 2. The molecule has 2 bridgehead atoms. The average molecular weight is 287 g/mol. The number of rotatable bonds is 3. The number of aryl methyl sites for hydroxylation is 1. The molecule has 2 aliphatic rings. The van der Waals surface area contributed by atoms with E-state index in [0.717, 1.165) is 18.5 Å². The van der Waals surface area contributed by atoms with Crippen molar-refractivity contribution < 1.29 is 9.59 Å². The fourth-order valence-electron chi connectivity index (χ4n) is 3.23. The summed E-state index contributed by atoms with van der Waals surface area (Å²) in [5.74, 6) is 0.0937. The van der Waals surface area contributed by atoms with Crippen molar-refractivity contribution in [1.29, 1.82) is 0 Å². The molecule has 2 heterocycles. The molecule has 0 aromatic heterocycles. The van der Waals surface area contributed by atoms with Crippen molar-refractivity contribution in [2.75, 3.05) is 18.4 Å². The van der Waals surface area contributed by atoms with Crippen LogP contribution in [0.2, 0.25) is 0 Å². The molecule has 0 aliphatic carbocycles. The van der Waals surface area contributed by atoms with Gasteiger partial charge in [0.05, 0.1) is 6.54 Å². The Hall–Kier alpha value is -1.88. The molecule has 2 aliphatic heterocycles. The molecule has 2 amide bonds. The number of amides is 2. The maximum absolute atomic E-state index is 12.2. The van der Waals surface area contributed by atoms with Crippen molar-refractivity contribution in [3.63, 3.8) is 0 Å². The lowest BCUT2D eigenvalue weighted by atomic mass is 10.1. The molecule has 2 atom stereocenters. The van der Waals surface area contributed by atoms with E-state index in [1.165, 1.54) is 5.56 Å². The summed E-state index contributed by atoms with van der Waals surface area (Å²) >= 11 is 0. The molecular formula is C16H21N3O2. The molecule has 5 nitrogen and oxygen atoms in total. The number of nitrogens with zero attached hydrogens (tertiary/aromatic N) is 1. The zero-order valence-electron chi connectivity index (χ0n) is 12.3. The normalized spacial score (nSPS) is 25.3. The van der Waals surface area contributed by atoms with E-state index >= 15 is 0 Å². The van der Waals surface area contributed by atoms with Gasteiger partial charge in [0.15, 0.2) is 0 Å². The summed E-state index contributed by atoms with van der Waals surface area (Å²) in [6.45, 7) is 3.04. The van der Waals surface area contributed by atoms with E-state index in [9.17, 15) is 9.59 Å². The van der Waals surface area contributed by atoms with Crippen LogP contribution in [0.3, 0.4) is 0 Å². The van der Waals surface area contributed by atoms with E-state index in [4.69, 9.17) is 0 Å². The summed E-state index contributed by atoms with van der Waals surface area (Å²) in [7, 11) is 0. The van der Waals surface area contributed by atoms with Crippen LogP contribution >= 0.6 is 0 Å². The fraction of sp³-hybridized carbons (Fsp3) is 0.500. The van der Waals surface area contributed by atoms with Gasteiger partial charge in [-0.05, 0) is 31.9 Å². The Bertz CT molecular complexity index is 541. The Balaban J connectivity index is 1.61. The molecule has 0 radical (unpaired) electrons. The van der Waals surface area contributed by atoms with E-state index in [0.29, 0.717) is 25.6 Å². The van der Waals surface area contributed by atoms with Crippen LogP contribution in [0, 0.1) is 6.92 Å². The highest BCUT2D eigenvalue weighted by atomic mass is 16.2. The Kier molecular flexibility index (Phi) is 3.92. The van der Waals surface area contributed by atoms with E-state index in [1.807, 2.05) is 31.2 Å². The third-order valence-electron chi connectivity index (χ3n) is 4.39. The van der Waals surface area contributed by atoms with Gasteiger partial charge in [-0.25, -0.2) is 0 Å². The van der Waals surface area contributed by atoms with Gasteiger partial charge in [-0.15, -0.1) is 0 Å². The molecule has 2 fully saturated rings. The Morgan fingerprint density at radius 2 is 2.00 bits per heavy atom. The number of benzene rings is 1. The third-order valence-corrected chi connectivity index (χ3v) is 4.39. The van der Waals surface area contributed by atoms with E-state index in [-0.39, 0.29) is 17.9 Å². The lowest BCUT2D eigenvalue weighted by Crippen LogP contribution is -2.42. The number of nitrogens with one attached hydrogen (secondary N) is 2. The molecule has 112 valence electrons. The summed E-state index contributed by atoms with van der Waals surface area (Å²) < 4.78 is 0. The molecule has 2 saturated heterocycles. The average Bonchev–Trinajstić information content (AvgIpc) is 2.72. The number of anilines is 1. The van der Waals surface area contributed by atoms with Gasteiger partial charge in [0.1, 0.15) is 0 Å². The zero-order valence-corrected chi connectivity index (χ0v) is 12.3. The Morgan fingerprint density at radius 3 is 2.76 bits per heavy atom. The summed E-state index contributed by atoms with van der Waals surface area (Å²) in [5.41, 5.74) is 1.99. The number of hydrogen-bond acceptors (Lipinski definition) is 3. The summed E-state index contributed by atoms with van der Waals surface area (Å²) in [6, 6.07) is 8.29. The first-order valence-corrected chi connectivity index (χ1v) is 7.51. The molecule has 1 aromatic carbocycles. The van der Waals surface area contributed by atoms with Gasteiger partial charge in [0, 0.05) is 30.7 Å². The van der Waals surface area contributed by atoms with Crippen LogP contribution in [0.5, 0.6) is 0 Å². The molecule has 2 N–H and O–H groups in total. The smallest absolute Gasteiger partial charge is 0.238 e. The number of hydrogen-bond donors (Lipinski definition) is 2. The van der Waals surface area contributed by atoms with Crippen molar-refractivity contribution >= 4 is 17.5 Å². The van der Waals surface area contributed by atoms with Crippen LogP contribution in [0.25, 0.3) is 0 Å². The van der Waals surface area contributed by atoms with Gasteiger partial charge >= 0.3 is 0 Å². The molecule has 5 heteroatoms. The highest BCUT2D eigenvalue weighted by molar-refractivity contribution is 5.92. The summed E-state index contributed by atoms with van der Waals surface area (Å²) in [5, 5.41) is 5.85. The van der Waals surface area contributed by atoms with Gasteiger partial charge in [0.25, 0.3) is 0 Å². The molecule has 0 unspecified atom stereocenters. The third kappa shape index (κ3) is 3.24. The van der Waals surface area contributed by atoms with Crippen molar-refractivity contribution in [2.24, 2.45) is 0 Å². The predicted octanol–water partition coefficient (Wildman–Crippen LogP) is 1.29. The molecule has 21 heavy (non-hydrogen) atoms. The minimum Gasteiger partial charge on any atom is -0.354 e. The SMILES string of the molecule is Cc1ccc(NC(=O)CN2[C@@H]3CC[C@@H]2CC(=O)NC3)cc1. The standard InChI is InChI=1S/C16H21N3O2/c1-11-2-4-12(5-3-11)18-16(21)10-19-13-6-7-14(19)9-17-15(20)8-13/h2-5,13-14H,6-10H2,1H3,(H,17,20)(H,18,21)/t13-,14-/m1/s1. The molecule has 0 saturated carbocycles. The first kappa shape index (κ1) is 14.1. The second kappa shape index (κ2) is 5.85.